The molecular weight excluding hydrogens is 381 g/mol. The summed E-state index contributed by atoms with van der Waals surface area (Å²) in [6.07, 6.45) is -4.45. The largest absolute Gasteiger partial charge is 0.416 e. The molecule has 0 N–H and O–H groups in total. The Bertz CT molecular complexity index is 853. The zero-order valence-corrected chi connectivity index (χ0v) is 14.9. The predicted molar refractivity (Wildman–Crippen MR) is 93.7 cm³/mol. The molecule has 0 atom stereocenters. The van der Waals surface area contributed by atoms with E-state index in [1.54, 1.807) is 24.3 Å². The number of amides is 2. The molecule has 27 heavy (non-hydrogen) atoms. The van der Waals surface area contributed by atoms with E-state index < -0.39 is 23.6 Å². The first-order valence-electron chi connectivity index (χ1n) is 8.23. The molecule has 0 bridgehead atoms. The second-order valence-corrected chi connectivity index (χ2v) is 6.71. The first-order valence-corrected chi connectivity index (χ1v) is 8.60. The zero-order chi connectivity index (χ0) is 19.6. The van der Waals surface area contributed by atoms with Crippen LogP contribution in [0.25, 0.3) is 0 Å². The van der Waals surface area contributed by atoms with Crippen LogP contribution in [0, 0.1) is 0 Å². The molecule has 142 valence electrons. The highest BCUT2D eigenvalue weighted by molar-refractivity contribution is 6.35. The Kier molecular flexibility index (Phi) is 5.41. The number of halogens is 4. The van der Waals surface area contributed by atoms with E-state index in [4.69, 9.17) is 11.6 Å². The van der Waals surface area contributed by atoms with Crippen LogP contribution in [0.15, 0.2) is 48.5 Å². The summed E-state index contributed by atoms with van der Waals surface area (Å²) in [5, 5.41) is 0.576. The lowest BCUT2D eigenvalue weighted by atomic mass is 10.1. The van der Waals surface area contributed by atoms with Gasteiger partial charge in [0.15, 0.2) is 0 Å². The molecule has 8 heteroatoms. The Morgan fingerprint density at radius 3 is 1.96 bits per heavy atom. The van der Waals surface area contributed by atoms with Crippen molar-refractivity contribution in [2.45, 2.75) is 19.3 Å². The third-order valence-electron chi connectivity index (χ3n) is 4.31. The fourth-order valence-electron chi connectivity index (χ4n) is 2.89. The molecule has 4 nitrogen and oxygen atoms in total. The van der Waals surface area contributed by atoms with Gasteiger partial charge in [-0.2, -0.15) is 13.2 Å². The van der Waals surface area contributed by atoms with Gasteiger partial charge in [0.1, 0.15) is 0 Å². The van der Waals surface area contributed by atoms with Gasteiger partial charge in [-0.05, 0) is 35.4 Å². The summed E-state index contributed by atoms with van der Waals surface area (Å²) in [6, 6.07) is 11.7. The molecule has 1 heterocycles. The molecule has 1 saturated heterocycles. The molecule has 1 fully saturated rings. The minimum Gasteiger partial charge on any atom is -0.328 e. The highest BCUT2D eigenvalue weighted by atomic mass is 35.5. The summed E-state index contributed by atoms with van der Waals surface area (Å²) in [4.78, 5) is 27.4. The number of nitrogens with zero attached hydrogens (tertiary/aromatic N) is 2. The average Bonchev–Trinajstić information content (AvgIpc) is 2.63. The van der Waals surface area contributed by atoms with E-state index in [1.165, 1.54) is 21.9 Å². The number of alkyl halides is 3. The highest BCUT2D eigenvalue weighted by Crippen LogP contribution is 2.30. The molecule has 0 aromatic heterocycles. The minimum atomic E-state index is -4.45. The standard InChI is InChI=1S/C19H16ClF3N2O2/c20-16-6-4-13(5-7-16)11-24-8-9-25(18(27)17(24)26)12-14-2-1-3-15(10-14)19(21,22)23/h1-7,10H,8-9,11-12H2. The van der Waals surface area contributed by atoms with Gasteiger partial charge in [0, 0.05) is 31.2 Å². The van der Waals surface area contributed by atoms with Crippen LogP contribution in [0.2, 0.25) is 5.02 Å². The lowest BCUT2D eigenvalue weighted by Gasteiger charge is -2.34. The van der Waals surface area contributed by atoms with Crippen molar-refractivity contribution in [3.05, 3.63) is 70.2 Å². The van der Waals surface area contributed by atoms with Gasteiger partial charge in [-0.3, -0.25) is 9.59 Å². The Labute approximate surface area is 159 Å². The van der Waals surface area contributed by atoms with Gasteiger partial charge in [0.05, 0.1) is 5.56 Å². The molecule has 0 saturated carbocycles. The summed E-state index contributed by atoms with van der Waals surface area (Å²) >= 11 is 5.83. The molecule has 0 aliphatic carbocycles. The third kappa shape index (κ3) is 4.60. The van der Waals surface area contributed by atoms with Crippen LogP contribution < -0.4 is 0 Å². The van der Waals surface area contributed by atoms with Crippen LogP contribution in [-0.4, -0.2) is 34.7 Å². The second kappa shape index (κ2) is 7.60. The first kappa shape index (κ1) is 19.2. The lowest BCUT2D eigenvalue weighted by Crippen LogP contribution is -2.53. The summed E-state index contributed by atoms with van der Waals surface area (Å²) in [7, 11) is 0. The number of hydrogen-bond acceptors (Lipinski definition) is 2. The topological polar surface area (TPSA) is 40.6 Å². The van der Waals surface area contributed by atoms with Gasteiger partial charge in [0.25, 0.3) is 0 Å². The smallest absolute Gasteiger partial charge is 0.328 e. The SMILES string of the molecule is O=C1C(=O)N(Cc2cccc(C(F)(F)F)c2)CCN1Cc1ccc(Cl)cc1. The predicted octanol–water partition coefficient (Wildman–Crippen LogP) is 3.73. The molecule has 3 rings (SSSR count). The Morgan fingerprint density at radius 2 is 1.41 bits per heavy atom. The van der Waals surface area contributed by atoms with Gasteiger partial charge in [-0.25, -0.2) is 0 Å². The van der Waals surface area contributed by atoms with Gasteiger partial charge in [-0.15, -0.1) is 0 Å². The van der Waals surface area contributed by atoms with Crippen molar-refractivity contribution in [2.24, 2.45) is 0 Å². The van der Waals surface area contributed by atoms with Crippen LogP contribution >= 0.6 is 11.6 Å². The summed E-state index contributed by atoms with van der Waals surface area (Å²) in [5.74, 6) is -1.38. The van der Waals surface area contributed by atoms with Crippen LogP contribution in [0.3, 0.4) is 0 Å². The lowest BCUT2D eigenvalue weighted by molar-refractivity contribution is -0.156. The molecule has 0 radical (unpaired) electrons. The molecule has 1 aliphatic heterocycles. The maximum atomic E-state index is 12.8. The molecule has 0 spiro atoms. The normalized spacial score (nSPS) is 15.4. The minimum absolute atomic E-state index is 0.0384. The van der Waals surface area contributed by atoms with Crippen molar-refractivity contribution in [1.82, 2.24) is 9.80 Å². The molecular formula is C19H16ClF3N2O2. The van der Waals surface area contributed by atoms with Gasteiger partial charge >= 0.3 is 18.0 Å². The van der Waals surface area contributed by atoms with Crippen LogP contribution in [0.5, 0.6) is 0 Å². The number of hydrogen-bond donors (Lipinski definition) is 0. The Hall–Kier alpha value is -2.54. The number of rotatable bonds is 4. The zero-order valence-electron chi connectivity index (χ0n) is 14.2. The fourth-order valence-corrected chi connectivity index (χ4v) is 3.02. The fraction of sp³-hybridized carbons (Fsp3) is 0.263. The monoisotopic (exact) mass is 396 g/mol. The molecule has 2 amide bonds. The van der Waals surface area contributed by atoms with E-state index in [1.807, 2.05) is 0 Å². The highest BCUT2D eigenvalue weighted by Gasteiger charge is 2.33. The number of carbonyl (C=O) groups is 2. The van der Waals surface area contributed by atoms with Crippen molar-refractivity contribution in [3.63, 3.8) is 0 Å². The van der Waals surface area contributed by atoms with E-state index in [9.17, 15) is 22.8 Å². The van der Waals surface area contributed by atoms with E-state index >= 15 is 0 Å². The van der Waals surface area contributed by atoms with E-state index in [0.717, 1.165) is 17.7 Å². The number of carbonyl (C=O) groups excluding carboxylic acids is 2. The van der Waals surface area contributed by atoms with E-state index in [2.05, 4.69) is 0 Å². The average molecular weight is 397 g/mol. The number of benzene rings is 2. The second-order valence-electron chi connectivity index (χ2n) is 6.28. The van der Waals surface area contributed by atoms with Crippen LogP contribution in [-0.2, 0) is 28.9 Å². The Balaban J connectivity index is 1.66. The van der Waals surface area contributed by atoms with Crippen LogP contribution in [0.1, 0.15) is 16.7 Å². The van der Waals surface area contributed by atoms with E-state index in [-0.39, 0.29) is 19.6 Å². The van der Waals surface area contributed by atoms with Gasteiger partial charge in [0.2, 0.25) is 0 Å². The molecule has 1 aliphatic rings. The Morgan fingerprint density at radius 1 is 0.852 bits per heavy atom. The molecule has 0 unspecified atom stereocenters. The summed E-state index contributed by atoms with van der Waals surface area (Å²) < 4.78 is 38.5. The third-order valence-corrected chi connectivity index (χ3v) is 4.56. The number of piperazine rings is 1. The first-order chi connectivity index (χ1) is 12.7. The van der Waals surface area contributed by atoms with Gasteiger partial charge in [-0.1, -0.05) is 35.9 Å². The molecule has 2 aromatic carbocycles. The maximum absolute atomic E-state index is 12.8. The van der Waals surface area contributed by atoms with Crippen molar-refractivity contribution in [2.75, 3.05) is 13.1 Å². The summed E-state index contributed by atoms with van der Waals surface area (Å²) in [6.45, 7) is 0.809. The quantitative estimate of drug-likeness (QED) is 0.739. The van der Waals surface area contributed by atoms with Crippen LogP contribution in [0.4, 0.5) is 13.2 Å². The maximum Gasteiger partial charge on any atom is 0.416 e. The molecule has 2 aromatic rings. The van der Waals surface area contributed by atoms with E-state index in [0.29, 0.717) is 17.1 Å². The van der Waals surface area contributed by atoms with Crippen molar-refractivity contribution >= 4 is 23.4 Å². The van der Waals surface area contributed by atoms with Crippen molar-refractivity contribution < 1.29 is 22.8 Å². The van der Waals surface area contributed by atoms with Gasteiger partial charge < -0.3 is 9.80 Å². The summed E-state index contributed by atoms with van der Waals surface area (Å²) in [5.41, 5.74) is 0.393. The van der Waals surface area contributed by atoms with Crippen molar-refractivity contribution in [3.8, 4) is 0 Å². The van der Waals surface area contributed by atoms with Crippen molar-refractivity contribution in [1.29, 1.82) is 0 Å².